The highest BCUT2D eigenvalue weighted by molar-refractivity contribution is 8.19. The van der Waals surface area contributed by atoms with Crippen LogP contribution in [0.1, 0.15) is 27.7 Å². The Hall–Kier alpha value is -0.460. The van der Waals surface area contributed by atoms with Crippen molar-refractivity contribution in [1.29, 1.82) is 0 Å². The van der Waals surface area contributed by atoms with Gasteiger partial charge in [0.1, 0.15) is 13.1 Å². The monoisotopic (exact) mass is 283 g/mol. The third-order valence-corrected chi connectivity index (χ3v) is 2.48. The van der Waals surface area contributed by atoms with Gasteiger partial charge in [0.25, 0.3) is 0 Å². The number of rotatable bonds is 7. The van der Waals surface area contributed by atoms with Crippen molar-refractivity contribution < 1.29 is 19.1 Å². The van der Waals surface area contributed by atoms with E-state index in [0.29, 0.717) is 0 Å². The first kappa shape index (κ1) is 16.5. The van der Waals surface area contributed by atoms with Crippen molar-refractivity contribution >= 4 is 33.8 Å². The molecule has 100 valence electrons. The molecular formula is C10H18ClNO4S. The minimum atomic E-state index is -0.425. The molecule has 0 saturated carbocycles. The molecule has 0 fully saturated rings. The summed E-state index contributed by atoms with van der Waals surface area (Å²) in [6.07, 6.45) is -0.375. The lowest BCUT2D eigenvalue weighted by atomic mass is 10.4. The molecule has 0 amide bonds. The Labute approximate surface area is 110 Å². The number of ether oxygens (including phenoxy) is 2. The Morgan fingerprint density at radius 2 is 1.41 bits per heavy atom. The van der Waals surface area contributed by atoms with E-state index in [1.165, 1.54) is 4.31 Å². The fourth-order valence-electron chi connectivity index (χ4n) is 0.993. The van der Waals surface area contributed by atoms with Crippen molar-refractivity contribution in [2.75, 3.05) is 13.1 Å². The highest BCUT2D eigenvalue weighted by Crippen LogP contribution is 2.14. The highest BCUT2D eigenvalue weighted by Gasteiger charge is 2.17. The van der Waals surface area contributed by atoms with Gasteiger partial charge in [0.2, 0.25) is 0 Å². The molecule has 0 aliphatic rings. The molecule has 7 heteroatoms. The van der Waals surface area contributed by atoms with Crippen LogP contribution in [0.2, 0.25) is 0 Å². The van der Waals surface area contributed by atoms with E-state index in [-0.39, 0.29) is 25.3 Å². The lowest BCUT2D eigenvalue weighted by Crippen LogP contribution is -2.32. The summed E-state index contributed by atoms with van der Waals surface area (Å²) in [4.78, 5) is 22.7. The van der Waals surface area contributed by atoms with Crippen LogP contribution in [-0.4, -0.2) is 41.5 Å². The maximum Gasteiger partial charge on any atom is 0.321 e. The number of carbonyl (C=O) groups is 2. The first-order chi connectivity index (χ1) is 7.85. The smallest absolute Gasteiger partial charge is 0.321 e. The van der Waals surface area contributed by atoms with Gasteiger partial charge >= 0.3 is 11.9 Å². The van der Waals surface area contributed by atoms with Gasteiger partial charge in [-0.15, -0.1) is 0 Å². The van der Waals surface area contributed by atoms with Gasteiger partial charge in [0.05, 0.1) is 12.2 Å². The average molecular weight is 284 g/mol. The molecule has 0 aliphatic carbocycles. The fraction of sp³-hybridized carbons (Fsp3) is 0.800. The third kappa shape index (κ3) is 9.26. The summed E-state index contributed by atoms with van der Waals surface area (Å²) in [7, 11) is 5.56. The summed E-state index contributed by atoms with van der Waals surface area (Å²) >= 11 is 0.785. The predicted molar refractivity (Wildman–Crippen MR) is 67.5 cm³/mol. The van der Waals surface area contributed by atoms with Crippen LogP contribution >= 0.6 is 21.8 Å². The molecule has 0 aliphatic heterocycles. The summed E-state index contributed by atoms with van der Waals surface area (Å²) in [5.74, 6) is -0.851. The lowest BCUT2D eigenvalue weighted by Gasteiger charge is -2.17. The Balaban J connectivity index is 4.07. The molecule has 0 aromatic carbocycles. The minimum absolute atomic E-state index is 0.0560. The van der Waals surface area contributed by atoms with Gasteiger partial charge < -0.3 is 9.47 Å². The lowest BCUT2D eigenvalue weighted by molar-refractivity contribution is -0.150. The van der Waals surface area contributed by atoms with E-state index in [4.69, 9.17) is 20.2 Å². The Bertz CT molecular complexity index is 237. The number of carbonyl (C=O) groups excluding carboxylic acids is 2. The maximum atomic E-state index is 11.3. The van der Waals surface area contributed by atoms with E-state index in [2.05, 4.69) is 0 Å². The van der Waals surface area contributed by atoms with Crippen LogP contribution < -0.4 is 0 Å². The van der Waals surface area contributed by atoms with Crippen LogP contribution in [-0.2, 0) is 19.1 Å². The van der Waals surface area contributed by atoms with E-state index in [9.17, 15) is 9.59 Å². The SMILES string of the molecule is CC(C)OC(=O)CN(CC(=O)OC(C)C)SCl. The second kappa shape index (κ2) is 8.60. The van der Waals surface area contributed by atoms with Crippen molar-refractivity contribution in [2.24, 2.45) is 0 Å². The zero-order valence-corrected chi connectivity index (χ0v) is 12.0. The molecule has 5 nitrogen and oxygen atoms in total. The highest BCUT2D eigenvalue weighted by atomic mass is 35.7. The number of halogens is 1. The van der Waals surface area contributed by atoms with Crippen molar-refractivity contribution in [1.82, 2.24) is 4.31 Å². The molecule has 0 saturated heterocycles. The second-order valence-corrected chi connectivity index (χ2v) is 5.01. The second-order valence-electron chi connectivity index (χ2n) is 3.94. The molecule has 0 aromatic heterocycles. The van der Waals surface area contributed by atoms with Crippen molar-refractivity contribution in [3.8, 4) is 0 Å². The van der Waals surface area contributed by atoms with E-state index < -0.39 is 11.9 Å². The standard InChI is InChI=1S/C10H18ClNO4S/c1-7(2)15-9(13)5-12(17-11)6-10(14)16-8(3)4/h7-8H,5-6H2,1-4H3. The van der Waals surface area contributed by atoms with Gasteiger partial charge in [-0.3, -0.25) is 9.59 Å². The van der Waals surface area contributed by atoms with E-state index in [1.54, 1.807) is 27.7 Å². The molecule has 0 heterocycles. The molecule has 0 N–H and O–H groups in total. The normalized spacial score (nSPS) is 11.1. The summed E-state index contributed by atoms with van der Waals surface area (Å²) in [6.45, 7) is 6.90. The van der Waals surface area contributed by atoms with Gasteiger partial charge in [-0.2, -0.15) is 0 Å². The Morgan fingerprint density at radius 1 is 1.06 bits per heavy atom. The van der Waals surface area contributed by atoms with Crippen molar-refractivity contribution in [3.05, 3.63) is 0 Å². The minimum Gasteiger partial charge on any atom is -0.462 e. The first-order valence-corrected chi connectivity index (χ1v) is 6.87. The van der Waals surface area contributed by atoms with E-state index in [1.807, 2.05) is 0 Å². The summed E-state index contributed by atoms with van der Waals surface area (Å²) in [5, 5.41) is 0. The van der Waals surface area contributed by atoms with Crippen LogP contribution in [0.25, 0.3) is 0 Å². The summed E-state index contributed by atoms with van der Waals surface area (Å²) < 4.78 is 11.3. The quantitative estimate of drug-likeness (QED) is 0.526. The number of esters is 2. The Kier molecular flexibility index (Phi) is 8.37. The van der Waals surface area contributed by atoms with Crippen LogP contribution in [0.3, 0.4) is 0 Å². The van der Waals surface area contributed by atoms with Crippen molar-refractivity contribution in [2.45, 2.75) is 39.9 Å². The molecule has 0 unspecified atom stereocenters. The van der Waals surface area contributed by atoms with Crippen LogP contribution in [0.15, 0.2) is 0 Å². The molecule has 0 aromatic rings. The van der Waals surface area contributed by atoms with E-state index in [0.717, 1.165) is 11.2 Å². The van der Waals surface area contributed by atoms with Gasteiger partial charge in [0.15, 0.2) is 0 Å². The summed E-state index contributed by atoms with van der Waals surface area (Å²) in [6, 6.07) is 0. The van der Waals surface area contributed by atoms with Gasteiger partial charge in [-0.05, 0) is 38.4 Å². The van der Waals surface area contributed by atoms with Crippen molar-refractivity contribution in [3.63, 3.8) is 0 Å². The molecule has 17 heavy (non-hydrogen) atoms. The van der Waals surface area contributed by atoms with Gasteiger partial charge in [0, 0.05) is 11.2 Å². The van der Waals surface area contributed by atoms with Crippen LogP contribution in [0, 0.1) is 0 Å². The number of hydrogen-bond donors (Lipinski definition) is 0. The molecule has 0 bridgehead atoms. The predicted octanol–water partition coefficient (Wildman–Crippen LogP) is 1.99. The fourth-order valence-corrected chi connectivity index (χ4v) is 1.59. The molecule has 0 radical (unpaired) electrons. The number of hydrogen-bond acceptors (Lipinski definition) is 6. The first-order valence-electron chi connectivity index (χ1n) is 5.27. The average Bonchev–Trinajstić information content (AvgIpc) is 2.13. The molecule has 0 spiro atoms. The van der Waals surface area contributed by atoms with Crippen LogP contribution in [0.4, 0.5) is 0 Å². The van der Waals surface area contributed by atoms with E-state index >= 15 is 0 Å². The zero-order valence-electron chi connectivity index (χ0n) is 10.4. The number of nitrogens with zero attached hydrogens (tertiary/aromatic N) is 1. The Morgan fingerprint density at radius 3 is 1.65 bits per heavy atom. The van der Waals surface area contributed by atoms with Crippen LogP contribution in [0.5, 0.6) is 0 Å². The molecule has 0 atom stereocenters. The molecular weight excluding hydrogens is 266 g/mol. The molecule has 0 rings (SSSR count). The maximum absolute atomic E-state index is 11.3. The van der Waals surface area contributed by atoms with Gasteiger partial charge in [-0.1, -0.05) is 0 Å². The topological polar surface area (TPSA) is 55.8 Å². The van der Waals surface area contributed by atoms with Gasteiger partial charge in [-0.25, -0.2) is 4.31 Å². The summed E-state index contributed by atoms with van der Waals surface area (Å²) in [5.41, 5.74) is 0. The third-order valence-electron chi connectivity index (χ3n) is 1.44. The largest absolute Gasteiger partial charge is 0.462 e. The zero-order chi connectivity index (χ0) is 13.4.